The number of likely N-dealkylation sites (N-methyl/N-ethyl adjacent to an activating group) is 1. The molecule has 2 amide bonds. The van der Waals surface area contributed by atoms with E-state index < -0.39 is 10.1 Å². The van der Waals surface area contributed by atoms with Gasteiger partial charge in [0.1, 0.15) is 10.6 Å². The molecule has 2 aromatic rings. The number of rotatable bonds is 6. The number of carbonyl (C=O) groups is 2. The van der Waals surface area contributed by atoms with E-state index in [-0.39, 0.29) is 22.5 Å². The topological polar surface area (TPSA) is 87.2 Å². The number of carbonyl (C=O) groups excluding carboxylic acids is 2. The summed E-state index contributed by atoms with van der Waals surface area (Å²) in [4.78, 5) is 30.5. The van der Waals surface area contributed by atoms with E-state index >= 15 is 0 Å². The van der Waals surface area contributed by atoms with Crippen LogP contribution in [0.2, 0.25) is 0 Å². The van der Waals surface area contributed by atoms with Crippen LogP contribution < -0.4 is 4.18 Å². The first-order chi connectivity index (χ1) is 15.6. The molecule has 0 bridgehead atoms. The highest BCUT2D eigenvalue weighted by molar-refractivity contribution is 7.87. The molecule has 1 heterocycles. The lowest BCUT2D eigenvalue weighted by atomic mass is 10.2. The molecule has 1 aliphatic rings. The molecule has 2 aromatic carbocycles. The fraction of sp³-hybridized carbons (Fsp3) is 0.417. The third-order valence-corrected chi connectivity index (χ3v) is 7.04. The van der Waals surface area contributed by atoms with E-state index in [1.54, 1.807) is 55.1 Å². The van der Waals surface area contributed by atoms with Gasteiger partial charge < -0.3 is 14.0 Å². The van der Waals surface area contributed by atoms with Crippen molar-refractivity contribution < 1.29 is 22.2 Å². The van der Waals surface area contributed by atoms with Crippen LogP contribution in [0, 0.1) is 13.8 Å². The Bertz CT molecular complexity index is 1110. The average molecular weight is 474 g/mol. The molecule has 0 radical (unpaired) electrons. The molecule has 1 aliphatic heterocycles. The summed E-state index contributed by atoms with van der Waals surface area (Å²) in [5.41, 5.74) is 1.89. The summed E-state index contributed by atoms with van der Waals surface area (Å²) < 4.78 is 30.7. The molecule has 3 rings (SSSR count). The van der Waals surface area contributed by atoms with E-state index in [1.165, 1.54) is 12.1 Å². The largest absolute Gasteiger partial charge is 0.379 e. The number of aryl methyl sites for hydroxylation is 2. The second kappa shape index (κ2) is 10.4. The van der Waals surface area contributed by atoms with Gasteiger partial charge in [0.2, 0.25) is 5.91 Å². The third kappa shape index (κ3) is 6.33. The van der Waals surface area contributed by atoms with Gasteiger partial charge in [0, 0.05) is 45.8 Å². The molecule has 0 spiro atoms. The van der Waals surface area contributed by atoms with Crippen LogP contribution in [-0.2, 0) is 14.9 Å². The van der Waals surface area contributed by atoms with Gasteiger partial charge in [0.05, 0.1) is 6.54 Å². The maximum atomic E-state index is 13.0. The fourth-order valence-corrected chi connectivity index (χ4v) is 4.90. The van der Waals surface area contributed by atoms with Crippen molar-refractivity contribution in [1.82, 2.24) is 14.7 Å². The molecule has 0 saturated carbocycles. The van der Waals surface area contributed by atoms with Crippen molar-refractivity contribution in [1.29, 1.82) is 0 Å². The van der Waals surface area contributed by atoms with E-state index in [1.807, 2.05) is 13.0 Å². The van der Waals surface area contributed by atoms with E-state index in [2.05, 4.69) is 4.90 Å². The lowest BCUT2D eigenvalue weighted by molar-refractivity contribution is -0.129. The van der Waals surface area contributed by atoms with Gasteiger partial charge in [-0.1, -0.05) is 12.1 Å². The minimum absolute atomic E-state index is 0.0428. The zero-order chi connectivity index (χ0) is 24.2. The summed E-state index contributed by atoms with van der Waals surface area (Å²) in [6.07, 6.45) is 0.779. The zero-order valence-electron chi connectivity index (χ0n) is 19.6. The van der Waals surface area contributed by atoms with E-state index in [9.17, 15) is 18.0 Å². The van der Waals surface area contributed by atoms with Crippen LogP contribution in [0.1, 0.15) is 27.9 Å². The number of benzene rings is 2. The monoisotopic (exact) mass is 473 g/mol. The predicted octanol–water partition coefficient (Wildman–Crippen LogP) is 2.31. The summed E-state index contributed by atoms with van der Waals surface area (Å²) in [6.45, 7) is 6.39. The van der Waals surface area contributed by atoms with Gasteiger partial charge in [-0.15, -0.1) is 0 Å². The van der Waals surface area contributed by atoms with Gasteiger partial charge >= 0.3 is 10.1 Å². The van der Waals surface area contributed by atoms with Gasteiger partial charge in [-0.2, -0.15) is 8.42 Å². The van der Waals surface area contributed by atoms with Crippen LogP contribution >= 0.6 is 0 Å². The Morgan fingerprint density at radius 2 is 1.67 bits per heavy atom. The highest BCUT2D eigenvalue weighted by atomic mass is 32.2. The van der Waals surface area contributed by atoms with Crippen LogP contribution in [0.4, 0.5) is 0 Å². The molecular weight excluding hydrogens is 442 g/mol. The van der Waals surface area contributed by atoms with Gasteiger partial charge in [0.25, 0.3) is 5.91 Å². The number of amides is 2. The van der Waals surface area contributed by atoms with Crippen molar-refractivity contribution in [2.24, 2.45) is 0 Å². The molecule has 0 aliphatic carbocycles. The molecule has 178 valence electrons. The summed E-state index contributed by atoms with van der Waals surface area (Å²) in [5.74, 6) is 0.0672. The van der Waals surface area contributed by atoms with Crippen LogP contribution in [0.15, 0.2) is 47.4 Å². The Balaban J connectivity index is 1.64. The van der Waals surface area contributed by atoms with E-state index in [4.69, 9.17) is 4.18 Å². The van der Waals surface area contributed by atoms with Crippen LogP contribution in [-0.4, -0.2) is 81.8 Å². The molecule has 1 saturated heterocycles. The quantitative estimate of drug-likeness (QED) is 0.599. The first kappa shape index (κ1) is 24.7. The van der Waals surface area contributed by atoms with Gasteiger partial charge in [-0.05, 0) is 61.7 Å². The van der Waals surface area contributed by atoms with Crippen LogP contribution in [0.5, 0.6) is 5.75 Å². The molecule has 9 heteroatoms. The van der Waals surface area contributed by atoms with Gasteiger partial charge in [0.15, 0.2) is 0 Å². The molecule has 0 aromatic heterocycles. The molecular formula is C24H31N3O5S. The van der Waals surface area contributed by atoms with Crippen molar-refractivity contribution in [2.45, 2.75) is 25.2 Å². The minimum Gasteiger partial charge on any atom is -0.379 e. The molecule has 1 fully saturated rings. The standard InChI is InChI=1S/C24H31N3O5S/c1-18-6-7-19(2)22(16-18)33(30,31)32-21-10-8-20(9-11-21)24(29)27-13-5-12-26(14-15-27)17-23(28)25(3)4/h6-11,16H,5,12-15,17H2,1-4H3. The Morgan fingerprint density at radius 1 is 0.970 bits per heavy atom. The summed E-state index contributed by atoms with van der Waals surface area (Å²) in [7, 11) is -0.513. The number of nitrogens with zero attached hydrogens (tertiary/aromatic N) is 3. The van der Waals surface area contributed by atoms with Crippen molar-refractivity contribution in [3.8, 4) is 5.75 Å². The maximum absolute atomic E-state index is 13.0. The van der Waals surface area contributed by atoms with Crippen LogP contribution in [0.25, 0.3) is 0 Å². The van der Waals surface area contributed by atoms with Crippen molar-refractivity contribution in [3.63, 3.8) is 0 Å². The predicted molar refractivity (Wildman–Crippen MR) is 126 cm³/mol. The lowest BCUT2D eigenvalue weighted by Gasteiger charge is -2.23. The van der Waals surface area contributed by atoms with Crippen LogP contribution in [0.3, 0.4) is 0 Å². The molecule has 8 nitrogen and oxygen atoms in total. The SMILES string of the molecule is Cc1ccc(C)c(S(=O)(=O)Oc2ccc(C(=O)N3CCCN(CC(=O)N(C)C)CC3)cc2)c1. The second-order valence-electron chi connectivity index (χ2n) is 8.54. The highest BCUT2D eigenvalue weighted by Gasteiger charge is 2.23. The fourth-order valence-electron chi connectivity index (χ4n) is 3.65. The van der Waals surface area contributed by atoms with Gasteiger partial charge in [-0.25, -0.2) is 0 Å². The van der Waals surface area contributed by atoms with Crippen molar-refractivity contribution in [2.75, 3.05) is 46.8 Å². The zero-order valence-corrected chi connectivity index (χ0v) is 20.4. The first-order valence-corrected chi connectivity index (χ1v) is 12.3. The number of hydrogen-bond acceptors (Lipinski definition) is 6. The van der Waals surface area contributed by atoms with E-state index in [0.29, 0.717) is 37.3 Å². The Morgan fingerprint density at radius 3 is 2.33 bits per heavy atom. The lowest BCUT2D eigenvalue weighted by Crippen LogP contribution is -2.39. The third-order valence-electron chi connectivity index (χ3n) is 5.65. The van der Waals surface area contributed by atoms with Crippen molar-refractivity contribution in [3.05, 3.63) is 59.2 Å². The number of hydrogen-bond donors (Lipinski definition) is 0. The molecule has 33 heavy (non-hydrogen) atoms. The summed E-state index contributed by atoms with van der Waals surface area (Å²) in [5, 5.41) is 0. The maximum Gasteiger partial charge on any atom is 0.339 e. The minimum atomic E-state index is -3.98. The normalized spacial score (nSPS) is 15.1. The summed E-state index contributed by atoms with van der Waals surface area (Å²) >= 11 is 0. The highest BCUT2D eigenvalue weighted by Crippen LogP contribution is 2.23. The van der Waals surface area contributed by atoms with Gasteiger partial charge in [-0.3, -0.25) is 14.5 Å². The Labute approximate surface area is 195 Å². The Kier molecular flexibility index (Phi) is 7.76. The summed E-state index contributed by atoms with van der Waals surface area (Å²) in [6, 6.07) is 11.3. The average Bonchev–Trinajstić information content (AvgIpc) is 3.00. The van der Waals surface area contributed by atoms with E-state index in [0.717, 1.165) is 18.5 Å². The second-order valence-corrected chi connectivity index (χ2v) is 10.1. The molecule has 0 atom stereocenters. The van der Waals surface area contributed by atoms with Crippen molar-refractivity contribution >= 4 is 21.9 Å². The molecule has 0 unspecified atom stereocenters. The molecule has 0 N–H and O–H groups in total. The smallest absolute Gasteiger partial charge is 0.339 e. The Hall–Kier alpha value is -2.91. The first-order valence-electron chi connectivity index (χ1n) is 10.9.